The van der Waals surface area contributed by atoms with Crippen LogP contribution in [-0.4, -0.2) is 0 Å². The topological polar surface area (TPSA) is 16.4 Å². The summed E-state index contributed by atoms with van der Waals surface area (Å²) in [6.45, 7) is 11.5. The molecule has 43 heavy (non-hydrogen) atoms. The van der Waals surface area contributed by atoms with Gasteiger partial charge in [-0.05, 0) is 92.5 Å². The van der Waals surface area contributed by atoms with E-state index in [4.69, 9.17) is 4.42 Å². The van der Waals surface area contributed by atoms with E-state index in [1.807, 2.05) is 6.07 Å². The summed E-state index contributed by atoms with van der Waals surface area (Å²) in [7, 11) is 0. The van der Waals surface area contributed by atoms with Crippen LogP contribution in [-0.2, 0) is 10.8 Å². The zero-order chi connectivity index (χ0) is 29.5. The van der Waals surface area contributed by atoms with E-state index in [2.05, 4.69) is 155 Å². The Kier molecular flexibility index (Phi) is 5.46. The highest BCUT2D eigenvalue weighted by Crippen LogP contribution is 2.52. The van der Waals surface area contributed by atoms with Gasteiger partial charge in [-0.3, -0.25) is 0 Å². The summed E-state index contributed by atoms with van der Waals surface area (Å²) in [5.41, 5.74) is 11.7. The highest BCUT2D eigenvalue weighted by molar-refractivity contribution is 6.10. The van der Waals surface area contributed by atoms with Crippen molar-refractivity contribution < 1.29 is 4.42 Å². The van der Waals surface area contributed by atoms with Crippen molar-refractivity contribution in [3.63, 3.8) is 0 Å². The molecule has 2 nitrogen and oxygen atoms in total. The second-order valence-corrected chi connectivity index (χ2v) is 13.5. The Bertz CT molecular complexity index is 2190. The maximum absolute atomic E-state index is 6.57. The minimum absolute atomic E-state index is 0.0784. The fourth-order valence-corrected chi connectivity index (χ4v) is 6.99. The molecule has 0 radical (unpaired) electrons. The van der Waals surface area contributed by atoms with Gasteiger partial charge in [0.25, 0.3) is 0 Å². The van der Waals surface area contributed by atoms with E-state index >= 15 is 0 Å². The van der Waals surface area contributed by atoms with Gasteiger partial charge >= 0.3 is 0 Å². The monoisotopic (exact) mass is 557 g/mol. The average molecular weight is 558 g/mol. The van der Waals surface area contributed by atoms with E-state index in [1.54, 1.807) is 0 Å². The van der Waals surface area contributed by atoms with Crippen LogP contribution in [0.4, 0.5) is 17.1 Å². The minimum Gasteiger partial charge on any atom is -0.454 e. The number of rotatable bonds is 3. The SMILES string of the molecule is CC(C)(C)c1ccc(N(c2ccc3c(c2)C(C)(C)c2cc4ccccc4cc2-3)c2cccc3c2oc2ccccc23)cc1. The van der Waals surface area contributed by atoms with Crippen LogP contribution in [0.15, 0.2) is 126 Å². The fourth-order valence-electron chi connectivity index (χ4n) is 6.99. The molecule has 0 atom stereocenters. The predicted molar refractivity (Wildman–Crippen MR) is 182 cm³/mol. The molecule has 6 aromatic carbocycles. The van der Waals surface area contributed by atoms with Gasteiger partial charge in [-0.15, -0.1) is 0 Å². The molecule has 0 saturated heterocycles. The van der Waals surface area contributed by atoms with Crippen molar-refractivity contribution in [2.75, 3.05) is 4.90 Å². The van der Waals surface area contributed by atoms with Crippen LogP contribution in [0.5, 0.6) is 0 Å². The van der Waals surface area contributed by atoms with E-state index < -0.39 is 0 Å². The van der Waals surface area contributed by atoms with Gasteiger partial charge in [-0.25, -0.2) is 0 Å². The fraction of sp³-hybridized carbons (Fsp3) is 0.171. The highest BCUT2D eigenvalue weighted by Gasteiger charge is 2.36. The molecule has 0 spiro atoms. The van der Waals surface area contributed by atoms with Gasteiger partial charge in [0.1, 0.15) is 5.58 Å². The van der Waals surface area contributed by atoms with E-state index in [0.717, 1.165) is 39.0 Å². The van der Waals surface area contributed by atoms with Crippen molar-refractivity contribution in [2.24, 2.45) is 0 Å². The smallest absolute Gasteiger partial charge is 0.159 e. The maximum Gasteiger partial charge on any atom is 0.159 e. The number of hydrogen-bond donors (Lipinski definition) is 0. The molecule has 2 heteroatoms. The average Bonchev–Trinajstić information content (AvgIpc) is 3.49. The van der Waals surface area contributed by atoms with Crippen molar-refractivity contribution in [3.8, 4) is 11.1 Å². The lowest BCUT2D eigenvalue weighted by Gasteiger charge is -2.29. The summed E-state index contributed by atoms with van der Waals surface area (Å²) in [5, 5.41) is 4.84. The van der Waals surface area contributed by atoms with Crippen molar-refractivity contribution in [3.05, 3.63) is 138 Å². The molecule has 1 heterocycles. The van der Waals surface area contributed by atoms with Crippen molar-refractivity contribution in [1.82, 2.24) is 0 Å². The second-order valence-electron chi connectivity index (χ2n) is 13.5. The van der Waals surface area contributed by atoms with E-state index in [-0.39, 0.29) is 10.8 Å². The lowest BCUT2D eigenvalue weighted by Crippen LogP contribution is -2.17. The third kappa shape index (κ3) is 3.93. The molecular formula is C41H35NO. The number of anilines is 3. The lowest BCUT2D eigenvalue weighted by molar-refractivity contribution is 0.590. The van der Waals surface area contributed by atoms with Gasteiger partial charge in [-0.2, -0.15) is 0 Å². The van der Waals surface area contributed by atoms with Crippen LogP contribution in [0.2, 0.25) is 0 Å². The van der Waals surface area contributed by atoms with Crippen LogP contribution in [0.3, 0.4) is 0 Å². The minimum atomic E-state index is -0.127. The first-order valence-corrected chi connectivity index (χ1v) is 15.2. The first-order valence-electron chi connectivity index (χ1n) is 15.2. The molecule has 1 aliphatic carbocycles. The second kappa shape index (κ2) is 9.09. The van der Waals surface area contributed by atoms with E-state index in [0.29, 0.717) is 0 Å². The van der Waals surface area contributed by atoms with Gasteiger partial charge in [0.15, 0.2) is 5.58 Å². The molecule has 8 rings (SSSR count). The number of furan rings is 1. The standard InChI is InChI=1S/C41H35NO/c1-40(2,3)28-17-19-29(20-18-28)42(37-15-10-14-33-32-13-8-9-16-38(32)43-39(33)37)30-21-22-31-34-23-26-11-6-7-12-27(26)24-35(34)41(4,5)36(31)25-30/h6-25H,1-5H3. The molecule has 210 valence electrons. The summed E-state index contributed by atoms with van der Waals surface area (Å²) >= 11 is 0. The van der Waals surface area contributed by atoms with Crippen LogP contribution < -0.4 is 4.90 Å². The Morgan fingerprint density at radius 1 is 0.581 bits per heavy atom. The third-order valence-corrected chi connectivity index (χ3v) is 9.40. The molecule has 0 aliphatic heterocycles. The molecule has 0 N–H and O–H groups in total. The molecule has 0 fully saturated rings. The van der Waals surface area contributed by atoms with Crippen molar-refractivity contribution >= 4 is 49.8 Å². The number of para-hydroxylation sites is 2. The van der Waals surface area contributed by atoms with Crippen LogP contribution in [0, 0.1) is 0 Å². The molecule has 0 bridgehead atoms. The lowest BCUT2D eigenvalue weighted by atomic mass is 9.81. The van der Waals surface area contributed by atoms with Gasteiger partial charge < -0.3 is 9.32 Å². The molecule has 0 amide bonds. The Morgan fingerprint density at radius 3 is 2.00 bits per heavy atom. The predicted octanol–water partition coefficient (Wildman–Crippen LogP) is 11.8. The van der Waals surface area contributed by atoms with Crippen LogP contribution in [0.25, 0.3) is 43.8 Å². The van der Waals surface area contributed by atoms with E-state index in [1.165, 1.54) is 38.6 Å². The molecule has 1 aromatic heterocycles. The Morgan fingerprint density at radius 2 is 1.23 bits per heavy atom. The number of fused-ring (bicyclic) bond motifs is 7. The van der Waals surface area contributed by atoms with Gasteiger partial charge in [-0.1, -0.05) is 107 Å². The summed E-state index contributed by atoms with van der Waals surface area (Å²) in [6, 6.07) is 44.3. The number of hydrogen-bond acceptors (Lipinski definition) is 2. The zero-order valence-electron chi connectivity index (χ0n) is 25.4. The zero-order valence-corrected chi connectivity index (χ0v) is 25.4. The van der Waals surface area contributed by atoms with Crippen LogP contribution in [0.1, 0.15) is 51.3 Å². The van der Waals surface area contributed by atoms with Crippen LogP contribution >= 0.6 is 0 Å². The van der Waals surface area contributed by atoms with Crippen molar-refractivity contribution in [2.45, 2.75) is 45.4 Å². The summed E-state index contributed by atoms with van der Waals surface area (Å²) in [4.78, 5) is 2.37. The van der Waals surface area contributed by atoms with Gasteiger partial charge in [0, 0.05) is 27.6 Å². The Labute approximate surface area is 253 Å². The molecule has 0 saturated carbocycles. The Hall–Kier alpha value is -4.82. The molecule has 0 unspecified atom stereocenters. The number of nitrogens with zero attached hydrogens (tertiary/aromatic N) is 1. The normalized spacial score (nSPS) is 13.9. The summed E-state index contributed by atoms with van der Waals surface area (Å²) in [5.74, 6) is 0. The first-order chi connectivity index (χ1) is 20.7. The molecular weight excluding hydrogens is 522 g/mol. The Balaban J connectivity index is 1.35. The molecule has 7 aromatic rings. The summed E-state index contributed by atoms with van der Waals surface area (Å²) < 4.78 is 6.57. The largest absolute Gasteiger partial charge is 0.454 e. The number of benzene rings is 6. The summed E-state index contributed by atoms with van der Waals surface area (Å²) in [6.07, 6.45) is 0. The third-order valence-electron chi connectivity index (χ3n) is 9.40. The first kappa shape index (κ1) is 25.9. The maximum atomic E-state index is 6.57. The van der Waals surface area contributed by atoms with Crippen molar-refractivity contribution in [1.29, 1.82) is 0 Å². The van der Waals surface area contributed by atoms with E-state index in [9.17, 15) is 0 Å². The van der Waals surface area contributed by atoms with Gasteiger partial charge in [0.05, 0.1) is 5.69 Å². The van der Waals surface area contributed by atoms with Gasteiger partial charge in [0.2, 0.25) is 0 Å². The molecule has 1 aliphatic rings. The highest BCUT2D eigenvalue weighted by atomic mass is 16.3. The quantitative estimate of drug-likeness (QED) is 0.215.